The summed E-state index contributed by atoms with van der Waals surface area (Å²) in [6.07, 6.45) is 3.13. The van der Waals surface area contributed by atoms with Crippen LogP contribution in [0.15, 0.2) is 36.4 Å². The summed E-state index contributed by atoms with van der Waals surface area (Å²) >= 11 is 6.13. The molecule has 2 aromatic rings. The summed E-state index contributed by atoms with van der Waals surface area (Å²) < 4.78 is 0. The summed E-state index contributed by atoms with van der Waals surface area (Å²) in [5, 5.41) is 13.6. The van der Waals surface area contributed by atoms with Gasteiger partial charge in [0, 0.05) is 49.0 Å². The van der Waals surface area contributed by atoms with Crippen molar-refractivity contribution in [2.45, 2.75) is 70.2 Å². The summed E-state index contributed by atoms with van der Waals surface area (Å²) in [6, 6.07) is 13.0. The van der Waals surface area contributed by atoms with Crippen LogP contribution in [-0.2, 0) is 23.4 Å². The molecular formula is C28H39ClN4O2. The van der Waals surface area contributed by atoms with E-state index in [4.69, 9.17) is 17.3 Å². The maximum atomic E-state index is 12.8. The molecule has 1 saturated carbocycles. The average molecular weight is 499 g/mol. The number of carbonyl (C=O) groups is 1. The van der Waals surface area contributed by atoms with Crippen LogP contribution in [0.2, 0.25) is 5.02 Å². The number of nitrogens with one attached hydrogen (secondary N) is 1. The molecule has 2 fully saturated rings. The summed E-state index contributed by atoms with van der Waals surface area (Å²) in [4.78, 5) is 17.7. The molecule has 1 amide bonds. The zero-order valence-corrected chi connectivity index (χ0v) is 21.9. The Bertz CT molecular complexity index is 1050. The molecule has 0 radical (unpaired) electrons. The quantitative estimate of drug-likeness (QED) is 0.536. The van der Waals surface area contributed by atoms with Crippen LogP contribution in [0.1, 0.15) is 54.9 Å². The second-order valence-electron chi connectivity index (χ2n) is 10.5. The first-order valence-electron chi connectivity index (χ1n) is 12.7. The van der Waals surface area contributed by atoms with Crippen molar-refractivity contribution in [3.63, 3.8) is 0 Å². The molecule has 1 aliphatic carbocycles. The van der Waals surface area contributed by atoms with Crippen molar-refractivity contribution >= 4 is 23.2 Å². The van der Waals surface area contributed by atoms with Crippen LogP contribution in [0.5, 0.6) is 0 Å². The predicted molar refractivity (Wildman–Crippen MR) is 143 cm³/mol. The fourth-order valence-corrected chi connectivity index (χ4v) is 5.81. The van der Waals surface area contributed by atoms with Crippen molar-refractivity contribution in [3.8, 4) is 0 Å². The lowest BCUT2D eigenvalue weighted by atomic mass is 9.67. The maximum Gasteiger partial charge on any atom is 0.228 e. The first-order chi connectivity index (χ1) is 16.7. The summed E-state index contributed by atoms with van der Waals surface area (Å²) in [5.41, 5.74) is 10.7. The molecule has 1 aliphatic heterocycles. The van der Waals surface area contributed by atoms with Gasteiger partial charge >= 0.3 is 0 Å². The van der Waals surface area contributed by atoms with Crippen molar-refractivity contribution < 1.29 is 9.90 Å². The molecule has 0 unspecified atom stereocenters. The second-order valence-corrected chi connectivity index (χ2v) is 10.9. The molecule has 7 heteroatoms. The summed E-state index contributed by atoms with van der Waals surface area (Å²) in [5.74, 6) is -0.231. The predicted octanol–water partition coefficient (Wildman–Crippen LogP) is 4.05. The number of aryl methyl sites for hydroxylation is 1. The first kappa shape index (κ1) is 26.0. The normalized spacial score (nSPS) is 26.0. The van der Waals surface area contributed by atoms with Gasteiger partial charge in [0.15, 0.2) is 0 Å². The van der Waals surface area contributed by atoms with E-state index in [1.165, 1.54) is 11.1 Å². The highest BCUT2D eigenvalue weighted by Gasteiger charge is 2.42. The largest absolute Gasteiger partial charge is 0.392 e. The lowest BCUT2D eigenvalue weighted by molar-refractivity contribution is -0.124. The average Bonchev–Trinajstić information content (AvgIpc) is 2.84. The van der Waals surface area contributed by atoms with Crippen molar-refractivity contribution in [3.05, 3.63) is 63.7 Å². The van der Waals surface area contributed by atoms with Gasteiger partial charge < -0.3 is 21.1 Å². The number of piperazine rings is 1. The molecule has 0 aromatic heterocycles. The zero-order chi connectivity index (χ0) is 25.2. The molecule has 6 nitrogen and oxygen atoms in total. The third-order valence-corrected chi connectivity index (χ3v) is 8.60. The molecule has 4 N–H and O–H groups in total. The minimum absolute atomic E-state index is 0.0903. The smallest absolute Gasteiger partial charge is 0.228 e. The number of carbonyl (C=O) groups excluding carboxylic acids is 1. The molecule has 0 spiro atoms. The Balaban J connectivity index is 1.44. The number of amides is 1. The SMILES string of the molecule is Cc1cc(C2(C(N)=O)CCC(Nc3ccc(Cl)c(CO)c3)CC2)ccc1CN1CCN(C)[C@@H](C)C1. The van der Waals surface area contributed by atoms with E-state index in [1.54, 1.807) is 6.07 Å². The standard InChI is InChI=1S/C28H39ClN4O2/c1-19-14-23(5-4-21(19)17-33-13-12-32(3)20(2)16-33)28(27(30)35)10-8-24(9-11-28)31-25-6-7-26(29)22(15-25)18-34/h4-7,14-15,20,24,31,34H,8-13,16-18H2,1-3H3,(H2,30,35)/t20-,24?,28?/m0/s1. The number of nitrogens with zero attached hydrogens (tertiary/aromatic N) is 2. The van der Waals surface area contributed by atoms with Gasteiger partial charge in [-0.25, -0.2) is 0 Å². The summed E-state index contributed by atoms with van der Waals surface area (Å²) in [7, 11) is 2.19. The van der Waals surface area contributed by atoms with E-state index < -0.39 is 5.41 Å². The lowest BCUT2D eigenvalue weighted by Crippen LogP contribution is -2.49. The van der Waals surface area contributed by atoms with Gasteiger partial charge in [-0.05, 0) is 87.0 Å². The third kappa shape index (κ3) is 5.67. The number of nitrogens with two attached hydrogens (primary N) is 1. The van der Waals surface area contributed by atoms with E-state index >= 15 is 0 Å². The van der Waals surface area contributed by atoms with E-state index in [0.717, 1.165) is 63.1 Å². The van der Waals surface area contributed by atoms with Gasteiger partial charge in [-0.3, -0.25) is 9.69 Å². The number of hydrogen-bond donors (Lipinski definition) is 3. The maximum absolute atomic E-state index is 12.8. The van der Waals surface area contributed by atoms with E-state index in [0.29, 0.717) is 16.6 Å². The molecule has 1 heterocycles. The van der Waals surface area contributed by atoms with Crippen LogP contribution in [-0.4, -0.2) is 59.6 Å². The van der Waals surface area contributed by atoms with Crippen molar-refractivity contribution in [1.29, 1.82) is 0 Å². The van der Waals surface area contributed by atoms with Gasteiger partial charge in [0.25, 0.3) is 0 Å². The highest BCUT2D eigenvalue weighted by atomic mass is 35.5. The van der Waals surface area contributed by atoms with Crippen LogP contribution in [0.25, 0.3) is 0 Å². The number of anilines is 1. The number of likely N-dealkylation sites (N-methyl/N-ethyl adjacent to an activating group) is 1. The molecule has 0 bridgehead atoms. The molecule has 2 aromatic carbocycles. The van der Waals surface area contributed by atoms with Gasteiger partial charge in [-0.2, -0.15) is 0 Å². The number of primary amides is 1. The molecular weight excluding hydrogens is 460 g/mol. The third-order valence-electron chi connectivity index (χ3n) is 8.23. The van der Waals surface area contributed by atoms with Crippen LogP contribution >= 0.6 is 11.6 Å². The molecule has 35 heavy (non-hydrogen) atoms. The van der Waals surface area contributed by atoms with E-state index in [2.05, 4.69) is 54.2 Å². The van der Waals surface area contributed by atoms with E-state index in [-0.39, 0.29) is 18.6 Å². The second kappa shape index (κ2) is 10.9. The highest BCUT2D eigenvalue weighted by molar-refractivity contribution is 6.31. The zero-order valence-electron chi connectivity index (χ0n) is 21.2. The highest BCUT2D eigenvalue weighted by Crippen LogP contribution is 2.41. The first-order valence-corrected chi connectivity index (χ1v) is 13.1. The fourth-order valence-electron chi connectivity index (χ4n) is 5.63. The Hall–Kier alpha value is -2.12. The van der Waals surface area contributed by atoms with Crippen molar-refractivity contribution in [1.82, 2.24) is 9.80 Å². The Morgan fingerprint density at radius 2 is 1.91 bits per heavy atom. The molecule has 4 rings (SSSR count). The van der Waals surface area contributed by atoms with Crippen LogP contribution in [0.4, 0.5) is 5.69 Å². The Labute approximate surface area is 214 Å². The fraction of sp³-hybridized carbons (Fsp3) is 0.536. The Kier molecular flexibility index (Phi) is 8.06. The van der Waals surface area contributed by atoms with E-state index in [1.807, 2.05) is 12.1 Å². The van der Waals surface area contributed by atoms with Gasteiger partial charge in [-0.15, -0.1) is 0 Å². The lowest BCUT2D eigenvalue weighted by Gasteiger charge is -2.39. The number of benzene rings is 2. The van der Waals surface area contributed by atoms with Crippen molar-refractivity contribution in [2.75, 3.05) is 32.0 Å². The molecule has 1 atom stereocenters. The monoisotopic (exact) mass is 498 g/mol. The molecule has 2 aliphatic rings. The van der Waals surface area contributed by atoms with Crippen LogP contribution < -0.4 is 11.1 Å². The Morgan fingerprint density at radius 1 is 1.17 bits per heavy atom. The number of rotatable bonds is 7. The van der Waals surface area contributed by atoms with Crippen molar-refractivity contribution in [2.24, 2.45) is 5.73 Å². The van der Waals surface area contributed by atoms with Gasteiger partial charge in [0.2, 0.25) is 5.91 Å². The number of hydrogen-bond acceptors (Lipinski definition) is 5. The van der Waals surface area contributed by atoms with Crippen LogP contribution in [0, 0.1) is 6.92 Å². The van der Waals surface area contributed by atoms with Gasteiger partial charge in [0.05, 0.1) is 12.0 Å². The Morgan fingerprint density at radius 3 is 2.54 bits per heavy atom. The number of aliphatic hydroxyl groups is 1. The molecule has 190 valence electrons. The minimum atomic E-state index is -0.625. The molecule has 1 saturated heterocycles. The van der Waals surface area contributed by atoms with Gasteiger partial charge in [0.1, 0.15) is 0 Å². The minimum Gasteiger partial charge on any atom is -0.392 e. The van der Waals surface area contributed by atoms with Crippen LogP contribution in [0.3, 0.4) is 0 Å². The summed E-state index contributed by atoms with van der Waals surface area (Å²) in [6.45, 7) is 8.53. The number of halogens is 1. The topological polar surface area (TPSA) is 81.8 Å². The number of aliphatic hydroxyl groups excluding tert-OH is 1. The van der Waals surface area contributed by atoms with Gasteiger partial charge in [-0.1, -0.05) is 29.8 Å². The van der Waals surface area contributed by atoms with E-state index in [9.17, 15) is 9.90 Å².